The molecule has 1 aliphatic heterocycles. The Hall–Kier alpha value is -2.35. The second kappa shape index (κ2) is 6.42. The number of nitrogens with zero attached hydrogens (tertiary/aromatic N) is 2. The standard InChI is InChI=1S/C18H18F3N3O2/c19-18(20,21)17-13-4-2-6-15(13)24(23-17)9-16(25)22-14-5-1-3-11-10-26-8-7-12(11)14/h1,3,5H,2,4,6-10H2,(H,22,25). The number of carbonyl (C=O) groups excluding carboxylic acids is 1. The highest BCUT2D eigenvalue weighted by atomic mass is 19.4. The van der Waals surface area contributed by atoms with Crippen molar-refractivity contribution in [3.63, 3.8) is 0 Å². The summed E-state index contributed by atoms with van der Waals surface area (Å²) >= 11 is 0. The Labute approximate surface area is 148 Å². The molecule has 5 nitrogen and oxygen atoms in total. The van der Waals surface area contributed by atoms with Crippen LogP contribution in [0.15, 0.2) is 18.2 Å². The van der Waals surface area contributed by atoms with Gasteiger partial charge in [0.2, 0.25) is 5.91 Å². The molecule has 2 aliphatic rings. The van der Waals surface area contributed by atoms with Gasteiger partial charge in [0, 0.05) is 16.9 Å². The number of benzene rings is 1. The molecular weight excluding hydrogens is 347 g/mol. The van der Waals surface area contributed by atoms with E-state index in [2.05, 4.69) is 10.4 Å². The number of nitrogens with one attached hydrogen (secondary N) is 1. The third-order valence-electron chi connectivity index (χ3n) is 4.87. The molecule has 1 aromatic heterocycles. The Morgan fingerprint density at radius 1 is 1.23 bits per heavy atom. The Kier molecular flexibility index (Phi) is 4.22. The summed E-state index contributed by atoms with van der Waals surface area (Å²) in [6.45, 7) is 0.862. The quantitative estimate of drug-likeness (QED) is 0.909. The number of ether oxygens (including phenoxy) is 1. The third kappa shape index (κ3) is 3.09. The van der Waals surface area contributed by atoms with Gasteiger partial charge in [-0.1, -0.05) is 12.1 Å². The highest BCUT2D eigenvalue weighted by Crippen LogP contribution is 2.36. The van der Waals surface area contributed by atoms with Crippen LogP contribution in [0.2, 0.25) is 0 Å². The van der Waals surface area contributed by atoms with Crippen LogP contribution in [0.25, 0.3) is 0 Å². The average molecular weight is 365 g/mol. The van der Waals surface area contributed by atoms with Crippen molar-refractivity contribution in [1.82, 2.24) is 9.78 Å². The zero-order chi connectivity index (χ0) is 18.3. The molecule has 0 radical (unpaired) electrons. The van der Waals surface area contributed by atoms with E-state index in [1.165, 1.54) is 4.68 Å². The van der Waals surface area contributed by atoms with Crippen molar-refractivity contribution >= 4 is 11.6 Å². The zero-order valence-corrected chi connectivity index (χ0v) is 14.0. The summed E-state index contributed by atoms with van der Waals surface area (Å²) in [5.74, 6) is -0.379. The molecular formula is C18H18F3N3O2. The first-order chi connectivity index (χ1) is 12.4. The molecule has 2 aromatic rings. The summed E-state index contributed by atoms with van der Waals surface area (Å²) in [6, 6.07) is 5.58. The fourth-order valence-corrected chi connectivity index (χ4v) is 3.73. The summed E-state index contributed by atoms with van der Waals surface area (Å²) in [6.07, 6.45) is -2.26. The third-order valence-corrected chi connectivity index (χ3v) is 4.87. The SMILES string of the molecule is O=C(Cn1nc(C(F)(F)F)c2c1CCC2)Nc1cccc2c1CCOC2. The summed E-state index contributed by atoms with van der Waals surface area (Å²) in [5.41, 5.74) is 2.64. The van der Waals surface area contributed by atoms with Crippen LogP contribution in [-0.2, 0) is 48.1 Å². The van der Waals surface area contributed by atoms with Gasteiger partial charge in [0.25, 0.3) is 0 Å². The lowest BCUT2D eigenvalue weighted by Gasteiger charge is -2.20. The van der Waals surface area contributed by atoms with Crippen molar-refractivity contribution in [2.75, 3.05) is 11.9 Å². The van der Waals surface area contributed by atoms with Gasteiger partial charge in [-0.3, -0.25) is 9.48 Å². The molecule has 0 atom stereocenters. The van der Waals surface area contributed by atoms with Gasteiger partial charge in [-0.2, -0.15) is 18.3 Å². The molecule has 0 fully saturated rings. The lowest BCUT2D eigenvalue weighted by molar-refractivity contribution is -0.142. The number of hydrogen-bond donors (Lipinski definition) is 1. The van der Waals surface area contributed by atoms with Gasteiger partial charge >= 0.3 is 6.18 Å². The van der Waals surface area contributed by atoms with Crippen LogP contribution in [0.3, 0.4) is 0 Å². The molecule has 1 aliphatic carbocycles. The molecule has 0 spiro atoms. The Bertz CT molecular complexity index is 858. The van der Waals surface area contributed by atoms with Crippen molar-refractivity contribution in [1.29, 1.82) is 0 Å². The first-order valence-corrected chi connectivity index (χ1v) is 8.57. The maximum atomic E-state index is 13.1. The van der Waals surface area contributed by atoms with Crippen LogP contribution in [0.5, 0.6) is 0 Å². The monoisotopic (exact) mass is 365 g/mol. The summed E-state index contributed by atoms with van der Waals surface area (Å²) in [4.78, 5) is 12.4. The molecule has 2 heterocycles. The number of carbonyl (C=O) groups is 1. The van der Waals surface area contributed by atoms with Crippen LogP contribution in [-0.4, -0.2) is 22.3 Å². The summed E-state index contributed by atoms with van der Waals surface area (Å²) in [5, 5.41) is 6.50. The van der Waals surface area contributed by atoms with Gasteiger partial charge in [0.15, 0.2) is 5.69 Å². The second-order valence-corrected chi connectivity index (χ2v) is 6.58. The molecule has 1 amide bonds. The lowest BCUT2D eigenvalue weighted by atomic mass is 10.0. The Morgan fingerprint density at radius 3 is 2.88 bits per heavy atom. The first-order valence-electron chi connectivity index (χ1n) is 8.57. The lowest BCUT2D eigenvalue weighted by Crippen LogP contribution is -2.23. The van der Waals surface area contributed by atoms with E-state index in [-0.39, 0.29) is 18.0 Å². The highest BCUT2D eigenvalue weighted by molar-refractivity contribution is 5.91. The molecule has 4 rings (SSSR count). The van der Waals surface area contributed by atoms with E-state index >= 15 is 0 Å². The number of amides is 1. The predicted molar refractivity (Wildman–Crippen MR) is 87.7 cm³/mol. The van der Waals surface area contributed by atoms with Crippen LogP contribution in [0, 0.1) is 0 Å². The topological polar surface area (TPSA) is 56.2 Å². The molecule has 26 heavy (non-hydrogen) atoms. The number of hydrogen-bond acceptors (Lipinski definition) is 3. The smallest absolute Gasteiger partial charge is 0.376 e. The number of rotatable bonds is 3. The van der Waals surface area contributed by atoms with Crippen molar-refractivity contribution in [3.05, 3.63) is 46.3 Å². The number of halogens is 3. The Morgan fingerprint density at radius 2 is 2.08 bits per heavy atom. The molecule has 0 saturated carbocycles. The van der Waals surface area contributed by atoms with Crippen LogP contribution in [0.4, 0.5) is 18.9 Å². The molecule has 0 bridgehead atoms. The molecule has 138 valence electrons. The van der Waals surface area contributed by atoms with Crippen molar-refractivity contribution in [2.45, 2.75) is 45.0 Å². The second-order valence-electron chi connectivity index (χ2n) is 6.58. The van der Waals surface area contributed by atoms with Crippen LogP contribution < -0.4 is 5.32 Å². The van der Waals surface area contributed by atoms with E-state index in [0.29, 0.717) is 50.3 Å². The number of aromatic nitrogens is 2. The zero-order valence-electron chi connectivity index (χ0n) is 14.0. The fourth-order valence-electron chi connectivity index (χ4n) is 3.73. The van der Waals surface area contributed by atoms with E-state index < -0.39 is 11.9 Å². The van der Waals surface area contributed by atoms with Gasteiger partial charge in [0.05, 0.1) is 13.2 Å². The number of alkyl halides is 3. The molecule has 8 heteroatoms. The van der Waals surface area contributed by atoms with Crippen molar-refractivity contribution in [3.8, 4) is 0 Å². The minimum absolute atomic E-state index is 0.224. The van der Waals surface area contributed by atoms with Crippen LogP contribution in [0.1, 0.15) is 34.5 Å². The first kappa shape index (κ1) is 17.1. The van der Waals surface area contributed by atoms with Crippen LogP contribution >= 0.6 is 0 Å². The molecule has 0 unspecified atom stereocenters. The van der Waals surface area contributed by atoms with E-state index in [0.717, 1.165) is 11.1 Å². The van der Waals surface area contributed by atoms with Gasteiger partial charge in [-0.25, -0.2) is 0 Å². The fraction of sp³-hybridized carbons (Fsp3) is 0.444. The normalized spacial score (nSPS) is 16.3. The molecule has 0 saturated heterocycles. The summed E-state index contributed by atoms with van der Waals surface area (Å²) < 4.78 is 46.0. The average Bonchev–Trinajstić information content (AvgIpc) is 3.18. The molecule has 1 aromatic carbocycles. The van der Waals surface area contributed by atoms with Gasteiger partial charge in [-0.05, 0) is 42.9 Å². The van der Waals surface area contributed by atoms with Gasteiger partial charge in [0.1, 0.15) is 6.54 Å². The van der Waals surface area contributed by atoms with E-state index in [1.807, 2.05) is 12.1 Å². The van der Waals surface area contributed by atoms with Gasteiger partial charge < -0.3 is 10.1 Å². The maximum Gasteiger partial charge on any atom is 0.435 e. The Balaban J connectivity index is 1.55. The molecule has 1 N–H and O–H groups in total. The minimum atomic E-state index is -4.49. The van der Waals surface area contributed by atoms with E-state index in [9.17, 15) is 18.0 Å². The number of anilines is 1. The minimum Gasteiger partial charge on any atom is -0.376 e. The number of fused-ring (bicyclic) bond motifs is 2. The highest BCUT2D eigenvalue weighted by Gasteiger charge is 2.40. The van der Waals surface area contributed by atoms with Crippen molar-refractivity contribution in [2.24, 2.45) is 0 Å². The predicted octanol–water partition coefficient (Wildman–Crippen LogP) is 3.10. The van der Waals surface area contributed by atoms with E-state index in [4.69, 9.17) is 4.74 Å². The van der Waals surface area contributed by atoms with Crippen molar-refractivity contribution < 1.29 is 22.7 Å². The summed E-state index contributed by atoms with van der Waals surface area (Å²) in [7, 11) is 0. The maximum absolute atomic E-state index is 13.1. The van der Waals surface area contributed by atoms with Gasteiger partial charge in [-0.15, -0.1) is 0 Å². The van der Waals surface area contributed by atoms with E-state index in [1.54, 1.807) is 6.07 Å². The largest absolute Gasteiger partial charge is 0.435 e.